The van der Waals surface area contributed by atoms with Crippen molar-refractivity contribution in [2.45, 2.75) is 19.3 Å². The van der Waals surface area contributed by atoms with Crippen LogP contribution in [-0.4, -0.2) is 19.5 Å². The second-order valence-corrected chi connectivity index (χ2v) is 15.7. The molecule has 4 heteroatoms. The van der Waals surface area contributed by atoms with E-state index >= 15 is 0 Å². The van der Waals surface area contributed by atoms with Gasteiger partial charge in [-0.1, -0.05) is 184 Å². The topological polar surface area (TPSA) is 43.6 Å². The molecule has 0 spiro atoms. The molecule has 1 aliphatic carbocycles. The molecule has 274 valence electrons. The summed E-state index contributed by atoms with van der Waals surface area (Å²) in [4.78, 5) is 15.8. The fraction of sp³-hybridized carbons (Fsp3) is 0.0556. The maximum Gasteiger partial charge on any atom is 0.238 e. The van der Waals surface area contributed by atoms with Gasteiger partial charge in [-0.2, -0.15) is 9.97 Å². The largest absolute Gasteiger partial charge is 0.278 e. The van der Waals surface area contributed by atoms with Crippen molar-refractivity contribution in [1.29, 1.82) is 0 Å². The van der Waals surface area contributed by atoms with Crippen molar-refractivity contribution >= 4 is 21.8 Å². The molecule has 8 aromatic carbocycles. The zero-order valence-electron chi connectivity index (χ0n) is 32.3. The van der Waals surface area contributed by atoms with Gasteiger partial charge in [-0.25, -0.2) is 4.98 Å². The minimum absolute atomic E-state index is 0.174. The molecule has 0 amide bonds. The summed E-state index contributed by atoms with van der Waals surface area (Å²) in [7, 11) is 0. The Hall–Kier alpha value is -7.43. The highest BCUT2D eigenvalue weighted by molar-refractivity contribution is 6.12. The summed E-state index contributed by atoms with van der Waals surface area (Å²) in [5.74, 6) is 1.83. The van der Waals surface area contributed by atoms with Gasteiger partial charge < -0.3 is 0 Å². The van der Waals surface area contributed by atoms with Gasteiger partial charge in [-0.15, -0.1) is 0 Å². The summed E-state index contributed by atoms with van der Waals surface area (Å²) in [5.41, 5.74) is 16.0. The predicted octanol–water partition coefficient (Wildman–Crippen LogP) is 13.6. The van der Waals surface area contributed by atoms with E-state index in [9.17, 15) is 0 Å². The van der Waals surface area contributed by atoms with E-state index in [1.54, 1.807) is 0 Å². The molecule has 0 bridgehead atoms. The Balaban J connectivity index is 1.15. The number of benzene rings is 8. The molecule has 1 aliphatic rings. The standard InChI is InChI=1S/C54H38N4/c1-54(2)47-21-13-12-20-43(47)44-33-46-45-32-42(37-18-10-5-11-19-37)30-31-49(45)58(50(46)34-48(44)54)53-56-51(40-26-22-38(23-27-40)35-14-6-3-7-15-35)55-52(57-53)41-28-24-39(25-29-41)36-16-8-4-9-17-36/h3-34H,1-2H3. The van der Waals surface area contributed by atoms with E-state index < -0.39 is 0 Å². The molecule has 0 saturated heterocycles. The van der Waals surface area contributed by atoms with E-state index in [2.05, 4.69) is 200 Å². The van der Waals surface area contributed by atoms with Crippen molar-refractivity contribution in [1.82, 2.24) is 19.5 Å². The van der Waals surface area contributed by atoms with Gasteiger partial charge in [0, 0.05) is 27.3 Å². The molecule has 0 unspecified atom stereocenters. The zero-order chi connectivity index (χ0) is 38.8. The van der Waals surface area contributed by atoms with Crippen LogP contribution in [0.5, 0.6) is 0 Å². The SMILES string of the molecule is CC1(C)c2ccccc2-c2cc3c4cc(-c5ccccc5)ccc4n(-c4nc(-c5ccc(-c6ccccc6)cc5)nc(-c5ccc(-c6ccccc6)cc5)n4)c3cc21. The van der Waals surface area contributed by atoms with Crippen LogP contribution in [0.4, 0.5) is 0 Å². The molecular weight excluding hydrogens is 705 g/mol. The monoisotopic (exact) mass is 742 g/mol. The lowest BCUT2D eigenvalue weighted by atomic mass is 9.82. The molecule has 0 aliphatic heterocycles. The highest BCUT2D eigenvalue weighted by Gasteiger charge is 2.36. The van der Waals surface area contributed by atoms with E-state index in [0.29, 0.717) is 17.6 Å². The summed E-state index contributed by atoms with van der Waals surface area (Å²) >= 11 is 0. The van der Waals surface area contributed by atoms with Gasteiger partial charge in [-0.05, 0) is 79.9 Å². The van der Waals surface area contributed by atoms with Gasteiger partial charge in [0.1, 0.15) is 0 Å². The van der Waals surface area contributed by atoms with Crippen LogP contribution in [0.1, 0.15) is 25.0 Å². The van der Waals surface area contributed by atoms with E-state index in [4.69, 9.17) is 15.0 Å². The van der Waals surface area contributed by atoms with Crippen LogP contribution >= 0.6 is 0 Å². The summed E-state index contributed by atoms with van der Waals surface area (Å²) in [6.07, 6.45) is 0. The van der Waals surface area contributed by atoms with Crippen LogP contribution in [0, 0.1) is 0 Å². The first-order valence-corrected chi connectivity index (χ1v) is 19.9. The number of hydrogen-bond acceptors (Lipinski definition) is 3. The minimum atomic E-state index is -0.174. The molecule has 58 heavy (non-hydrogen) atoms. The van der Waals surface area contributed by atoms with Crippen molar-refractivity contribution in [2.24, 2.45) is 0 Å². The Labute approximate surface area is 337 Å². The van der Waals surface area contributed by atoms with Crippen molar-refractivity contribution in [3.63, 3.8) is 0 Å². The fourth-order valence-corrected chi connectivity index (χ4v) is 8.85. The normalized spacial score (nSPS) is 12.8. The Bertz CT molecular complexity index is 3050. The molecule has 4 nitrogen and oxygen atoms in total. The third kappa shape index (κ3) is 5.56. The zero-order valence-corrected chi connectivity index (χ0v) is 32.3. The van der Waals surface area contributed by atoms with Gasteiger partial charge in [-0.3, -0.25) is 4.57 Å². The molecule has 0 saturated carbocycles. The highest BCUT2D eigenvalue weighted by atomic mass is 15.2. The maximum absolute atomic E-state index is 5.33. The first kappa shape index (κ1) is 33.9. The first-order chi connectivity index (χ1) is 28.5. The van der Waals surface area contributed by atoms with Crippen molar-refractivity contribution in [3.05, 3.63) is 205 Å². The smallest absolute Gasteiger partial charge is 0.238 e. The van der Waals surface area contributed by atoms with E-state index in [0.717, 1.165) is 38.7 Å². The highest BCUT2D eigenvalue weighted by Crippen LogP contribution is 2.51. The van der Waals surface area contributed by atoms with Gasteiger partial charge in [0.15, 0.2) is 11.6 Å². The van der Waals surface area contributed by atoms with E-state index in [1.807, 2.05) is 12.1 Å². The summed E-state index contributed by atoms with van der Waals surface area (Å²) < 4.78 is 2.25. The van der Waals surface area contributed by atoms with Crippen LogP contribution < -0.4 is 0 Å². The summed E-state index contributed by atoms with van der Waals surface area (Å²) in [6, 6.07) is 69.0. The molecule has 2 heterocycles. The minimum Gasteiger partial charge on any atom is -0.278 e. The molecule has 2 aromatic heterocycles. The molecule has 0 radical (unpaired) electrons. The van der Waals surface area contributed by atoms with Crippen molar-refractivity contribution in [2.75, 3.05) is 0 Å². The number of nitrogens with zero attached hydrogens (tertiary/aromatic N) is 4. The Morgan fingerprint density at radius 3 is 1.36 bits per heavy atom. The second-order valence-electron chi connectivity index (χ2n) is 15.7. The third-order valence-corrected chi connectivity index (χ3v) is 11.9. The fourth-order valence-electron chi connectivity index (χ4n) is 8.85. The summed E-state index contributed by atoms with van der Waals surface area (Å²) in [6.45, 7) is 4.67. The average molecular weight is 743 g/mol. The van der Waals surface area contributed by atoms with Crippen molar-refractivity contribution < 1.29 is 0 Å². The Morgan fingerprint density at radius 2 is 0.793 bits per heavy atom. The second kappa shape index (κ2) is 13.4. The van der Waals surface area contributed by atoms with Gasteiger partial charge >= 0.3 is 0 Å². The van der Waals surface area contributed by atoms with E-state index in [1.165, 1.54) is 49.9 Å². The molecule has 0 fully saturated rings. The van der Waals surface area contributed by atoms with Gasteiger partial charge in [0.25, 0.3) is 0 Å². The molecular formula is C54H38N4. The third-order valence-electron chi connectivity index (χ3n) is 11.9. The van der Waals surface area contributed by atoms with Crippen LogP contribution in [0.15, 0.2) is 194 Å². The number of aromatic nitrogens is 4. The van der Waals surface area contributed by atoms with Crippen LogP contribution in [0.25, 0.3) is 95.0 Å². The van der Waals surface area contributed by atoms with Crippen molar-refractivity contribution in [3.8, 4) is 73.2 Å². The Kier molecular flexibility index (Phi) is 7.80. The number of fused-ring (bicyclic) bond motifs is 6. The van der Waals surface area contributed by atoms with Gasteiger partial charge in [0.2, 0.25) is 5.95 Å². The summed E-state index contributed by atoms with van der Waals surface area (Å²) in [5, 5.41) is 2.33. The van der Waals surface area contributed by atoms with Gasteiger partial charge in [0.05, 0.1) is 11.0 Å². The number of hydrogen-bond donors (Lipinski definition) is 0. The molecule has 0 N–H and O–H groups in total. The average Bonchev–Trinajstić information content (AvgIpc) is 3.73. The lowest BCUT2D eigenvalue weighted by Gasteiger charge is -2.21. The van der Waals surface area contributed by atoms with Crippen LogP contribution in [0.2, 0.25) is 0 Å². The lowest BCUT2D eigenvalue weighted by Crippen LogP contribution is -2.15. The molecule has 10 aromatic rings. The predicted molar refractivity (Wildman–Crippen MR) is 239 cm³/mol. The maximum atomic E-state index is 5.33. The molecule has 0 atom stereocenters. The quantitative estimate of drug-likeness (QED) is 0.170. The van der Waals surface area contributed by atoms with E-state index in [-0.39, 0.29) is 5.41 Å². The number of rotatable bonds is 6. The van der Waals surface area contributed by atoms with Crippen LogP contribution in [-0.2, 0) is 5.41 Å². The lowest BCUT2D eigenvalue weighted by molar-refractivity contribution is 0.661. The van der Waals surface area contributed by atoms with Crippen LogP contribution in [0.3, 0.4) is 0 Å². The first-order valence-electron chi connectivity index (χ1n) is 19.9. The molecule has 11 rings (SSSR count). The Morgan fingerprint density at radius 1 is 0.345 bits per heavy atom.